The molecule has 2 aromatic heterocycles. The Morgan fingerprint density at radius 2 is 2.33 bits per heavy atom. The molecule has 0 amide bonds. The van der Waals surface area contributed by atoms with E-state index in [0.29, 0.717) is 5.88 Å². The molecule has 2 rings (SSSR count). The molecule has 18 heavy (non-hydrogen) atoms. The van der Waals surface area contributed by atoms with Crippen molar-refractivity contribution < 1.29 is 4.74 Å². The molecule has 4 nitrogen and oxygen atoms in total. The van der Waals surface area contributed by atoms with Crippen LogP contribution in [-0.2, 0) is 17.7 Å². The summed E-state index contributed by atoms with van der Waals surface area (Å²) in [6.07, 6.45) is 5.36. The minimum Gasteiger partial charge on any atom is -0.382 e. The highest BCUT2D eigenvalue weighted by Crippen LogP contribution is 2.16. The maximum atomic E-state index is 5.83. The van der Waals surface area contributed by atoms with Gasteiger partial charge in [-0.05, 0) is 19.4 Å². The van der Waals surface area contributed by atoms with Crippen LogP contribution in [0.25, 0.3) is 11.0 Å². The number of fused-ring (bicyclic) bond motifs is 1. The van der Waals surface area contributed by atoms with E-state index in [1.807, 2.05) is 13.0 Å². The molecule has 0 spiro atoms. The van der Waals surface area contributed by atoms with Gasteiger partial charge in [-0.25, -0.2) is 4.98 Å². The number of hydrogen-bond donors (Lipinski definition) is 0. The molecular weight excluding hydrogens is 250 g/mol. The maximum absolute atomic E-state index is 5.83. The van der Waals surface area contributed by atoms with Crippen molar-refractivity contribution >= 4 is 22.6 Å². The molecule has 2 aromatic rings. The van der Waals surface area contributed by atoms with E-state index in [1.54, 1.807) is 12.4 Å². The SMILES string of the molecule is CCOCCCn1c(CCCl)nc2cnccc21. The Kier molecular flexibility index (Phi) is 4.96. The van der Waals surface area contributed by atoms with Crippen LogP contribution in [0.2, 0.25) is 0 Å². The van der Waals surface area contributed by atoms with Crippen LogP contribution in [0.15, 0.2) is 18.5 Å². The van der Waals surface area contributed by atoms with Gasteiger partial charge in [-0.3, -0.25) is 4.98 Å². The fourth-order valence-electron chi connectivity index (χ4n) is 2.03. The Bertz CT molecular complexity index is 498. The lowest BCUT2D eigenvalue weighted by molar-refractivity contribution is 0.141. The third-order valence-corrected chi connectivity index (χ3v) is 3.01. The smallest absolute Gasteiger partial charge is 0.111 e. The summed E-state index contributed by atoms with van der Waals surface area (Å²) in [5, 5.41) is 0. The number of aryl methyl sites for hydroxylation is 2. The van der Waals surface area contributed by atoms with Crippen molar-refractivity contribution in [1.29, 1.82) is 0 Å². The molecule has 0 aliphatic heterocycles. The molecular formula is C13H18ClN3O. The summed E-state index contributed by atoms with van der Waals surface area (Å²) in [6, 6.07) is 2.00. The lowest BCUT2D eigenvalue weighted by atomic mass is 10.3. The summed E-state index contributed by atoms with van der Waals surface area (Å²) in [7, 11) is 0. The van der Waals surface area contributed by atoms with E-state index >= 15 is 0 Å². The van der Waals surface area contributed by atoms with Crippen LogP contribution >= 0.6 is 11.6 Å². The van der Waals surface area contributed by atoms with E-state index in [-0.39, 0.29) is 0 Å². The van der Waals surface area contributed by atoms with Gasteiger partial charge in [0.05, 0.1) is 11.7 Å². The number of pyridine rings is 1. The molecule has 2 heterocycles. The zero-order valence-corrected chi connectivity index (χ0v) is 11.4. The Morgan fingerprint density at radius 1 is 1.44 bits per heavy atom. The van der Waals surface area contributed by atoms with Crippen molar-refractivity contribution in [1.82, 2.24) is 14.5 Å². The fourth-order valence-corrected chi connectivity index (χ4v) is 2.19. The van der Waals surface area contributed by atoms with Crippen LogP contribution in [-0.4, -0.2) is 33.6 Å². The first-order valence-electron chi connectivity index (χ1n) is 6.29. The lowest BCUT2D eigenvalue weighted by Crippen LogP contribution is -2.07. The molecule has 0 aliphatic rings. The van der Waals surface area contributed by atoms with E-state index in [2.05, 4.69) is 14.5 Å². The molecule has 0 saturated carbocycles. The first kappa shape index (κ1) is 13.3. The average molecular weight is 268 g/mol. The third-order valence-electron chi connectivity index (χ3n) is 2.82. The summed E-state index contributed by atoms with van der Waals surface area (Å²) in [4.78, 5) is 8.68. The zero-order chi connectivity index (χ0) is 12.8. The fraction of sp³-hybridized carbons (Fsp3) is 0.538. The van der Waals surface area contributed by atoms with Crippen molar-refractivity contribution in [2.24, 2.45) is 0 Å². The van der Waals surface area contributed by atoms with Crippen molar-refractivity contribution in [2.45, 2.75) is 26.3 Å². The van der Waals surface area contributed by atoms with Crippen molar-refractivity contribution in [3.8, 4) is 0 Å². The van der Waals surface area contributed by atoms with Gasteiger partial charge < -0.3 is 9.30 Å². The number of halogens is 1. The predicted molar refractivity (Wildman–Crippen MR) is 73.1 cm³/mol. The summed E-state index contributed by atoms with van der Waals surface area (Å²) < 4.78 is 7.59. The number of nitrogens with zero attached hydrogens (tertiary/aromatic N) is 3. The highest BCUT2D eigenvalue weighted by Gasteiger charge is 2.09. The van der Waals surface area contributed by atoms with Gasteiger partial charge in [0.25, 0.3) is 0 Å². The zero-order valence-electron chi connectivity index (χ0n) is 10.6. The van der Waals surface area contributed by atoms with Gasteiger partial charge in [0.2, 0.25) is 0 Å². The molecule has 0 N–H and O–H groups in total. The van der Waals surface area contributed by atoms with Gasteiger partial charge in [-0.2, -0.15) is 0 Å². The minimum atomic E-state index is 0.586. The lowest BCUT2D eigenvalue weighted by Gasteiger charge is -2.08. The summed E-state index contributed by atoms with van der Waals surface area (Å²) in [5.74, 6) is 1.62. The van der Waals surface area contributed by atoms with E-state index < -0.39 is 0 Å². The van der Waals surface area contributed by atoms with Gasteiger partial charge in [0.15, 0.2) is 0 Å². The topological polar surface area (TPSA) is 39.9 Å². The molecule has 0 unspecified atom stereocenters. The van der Waals surface area contributed by atoms with E-state index in [4.69, 9.17) is 16.3 Å². The van der Waals surface area contributed by atoms with Crippen molar-refractivity contribution in [3.05, 3.63) is 24.3 Å². The number of ether oxygens (including phenoxy) is 1. The second-order valence-corrected chi connectivity index (χ2v) is 4.41. The van der Waals surface area contributed by atoms with Gasteiger partial charge in [-0.15, -0.1) is 11.6 Å². The molecule has 0 bridgehead atoms. The van der Waals surface area contributed by atoms with Crippen LogP contribution in [0.1, 0.15) is 19.2 Å². The Morgan fingerprint density at radius 3 is 3.11 bits per heavy atom. The van der Waals surface area contributed by atoms with Gasteiger partial charge >= 0.3 is 0 Å². The monoisotopic (exact) mass is 267 g/mol. The molecule has 5 heteroatoms. The standard InChI is InChI=1S/C13H18ClN3O/c1-2-18-9-3-8-17-12-5-7-15-10-11(12)16-13(17)4-6-14/h5,7,10H,2-4,6,8-9H2,1H3. The predicted octanol–water partition coefficient (Wildman–Crippen LogP) is 2.64. The number of imidazole rings is 1. The Balaban J connectivity index is 2.19. The number of hydrogen-bond acceptors (Lipinski definition) is 3. The highest BCUT2D eigenvalue weighted by molar-refractivity contribution is 6.17. The quantitative estimate of drug-likeness (QED) is 0.572. The normalized spacial score (nSPS) is 11.2. The Labute approximate surface area is 112 Å². The first-order chi connectivity index (χ1) is 8.86. The molecule has 0 aromatic carbocycles. The highest BCUT2D eigenvalue weighted by atomic mass is 35.5. The van der Waals surface area contributed by atoms with Gasteiger partial charge in [0, 0.05) is 38.3 Å². The second-order valence-electron chi connectivity index (χ2n) is 4.03. The summed E-state index contributed by atoms with van der Waals surface area (Å²) in [6.45, 7) is 4.47. The molecule has 0 fully saturated rings. The number of alkyl halides is 1. The van der Waals surface area contributed by atoms with Crippen LogP contribution in [0.4, 0.5) is 0 Å². The van der Waals surface area contributed by atoms with Crippen LogP contribution in [0.3, 0.4) is 0 Å². The summed E-state index contributed by atoms with van der Waals surface area (Å²) >= 11 is 5.83. The van der Waals surface area contributed by atoms with E-state index in [0.717, 1.165) is 49.5 Å². The molecule has 0 saturated heterocycles. The maximum Gasteiger partial charge on any atom is 0.111 e. The van der Waals surface area contributed by atoms with E-state index in [9.17, 15) is 0 Å². The molecule has 0 aliphatic carbocycles. The molecule has 0 radical (unpaired) electrons. The molecule has 0 atom stereocenters. The average Bonchev–Trinajstić information content (AvgIpc) is 2.73. The first-order valence-corrected chi connectivity index (χ1v) is 6.83. The number of aromatic nitrogens is 3. The summed E-state index contributed by atoms with van der Waals surface area (Å²) in [5.41, 5.74) is 2.07. The van der Waals surface area contributed by atoms with Gasteiger partial charge in [-0.1, -0.05) is 0 Å². The third kappa shape index (κ3) is 3.00. The van der Waals surface area contributed by atoms with Crippen molar-refractivity contribution in [3.63, 3.8) is 0 Å². The van der Waals surface area contributed by atoms with E-state index in [1.165, 1.54) is 0 Å². The Hall–Kier alpha value is -1.13. The second kappa shape index (κ2) is 6.71. The largest absolute Gasteiger partial charge is 0.382 e. The van der Waals surface area contributed by atoms with Crippen LogP contribution in [0, 0.1) is 0 Å². The van der Waals surface area contributed by atoms with Crippen LogP contribution < -0.4 is 0 Å². The molecule has 98 valence electrons. The van der Waals surface area contributed by atoms with Crippen LogP contribution in [0.5, 0.6) is 0 Å². The number of rotatable bonds is 7. The minimum absolute atomic E-state index is 0.586. The van der Waals surface area contributed by atoms with Crippen molar-refractivity contribution in [2.75, 3.05) is 19.1 Å². The van der Waals surface area contributed by atoms with Gasteiger partial charge in [0.1, 0.15) is 11.3 Å².